The van der Waals surface area contributed by atoms with Crippen LogP contribution in [-0.2, 0) is 13.1 Å². The zero-order valence-corrected chi connectivity index (χ0v) is 15.2. The van der Waals surface area contributed by atoms with Crippen LogP contribution < -0.4 is 4.74 Å². The van der Waals surface area contributed by atoms with Crippen molar-refractivity contribution in [2.75, 3.05) is 13.7 Å². The van der Waals surface area contributed by atoms with Gasteiger partial charge in [-0.15, -0.1) is 0 Å². The highest BCUT2D eigenvalue weighted by molar-refractivity contribution is 5.37. The van der Waals surface area contributed by atoms with Crippen molar-refractivity contribution in [2.24, 2.45) is 0 Å². The van der Waals surface area contributed by atoms with Crippen molar-refractivity contribution in [1.82, 2.24) is 29.9 Å². The van der Waals surface area contributed by atoms with Gasteiger partial charge in [-0.3, -0.25) is 14.7 Å². The Bertz CT molecular complexity index is 857. The zero-order chi connectivity index (χ0) is 17.9. The van der Waals surface area contributed by atoms with Gasteiger partial charge in [0.25, 0.3) is 0 Å². The first kappa shape index (κ1) is 16.8. The summed E-state index contributed by atoms with van der Waals surface area (Å²) in [6.45, 7) is 4.60. The van der Waals surface area contributed by atoms with Crippen molar-refractivity contribution < 1.29 is 4.74 Å². The molecule has 0 saturated carbocycles. The second-order valence-electron chi connectivity index (χ2n) is 6.76. The fraction of sp³-hybridized carbons (Fsp3) is 0.421. The van der Waals surface area contributed by atoms with Crippen LogP contribution in [0.15, 0.2) is 36.7 Å². The molecule has 2 aromatic heterocycles. The van der Waals surface area contributed by atoms with Gasteiger partial charge in [0.05, 0.1) is 19.7 Å². The van der Waals surface area contributed by atoms with Gasteiger partial charge in [0.15, 0.2) is 5.82 Å². The molecule has 1 fully saturated rings. The Labute approximate surface area is 153 Å². The van der Waals surface area contributed by atoms with Crippen LogP contribution in [0, 0.1) is 6.92 Å². The number of H-pyrrole nitrogens is 1. The first-order valence-corrected chi connectivity index (χ1v) is 8.99. The average molecular weight is 352 g/mol. The number of hydrogen-bond acceptors (Lipinski definition) is 5. The Hall–Kier alpha value is -2.67. The van der Waals surface area contributed by atoms with Gasteiger partial charge in [0, 0.05) is 24.5 Å². The quantitative estimate of drug-likeness (QED) is 0.738. The maximum Gasteiger partial charge on any atom is 0.167 e. The highest BCUT2D eigenvalue weighted by Crippen LogP contribution is 2.32. The van der Waals surface area contributed by atoms with Gasteiger partial charge < -0.3 is 4.74 Å². The summed E-state index contributed by atoms with van der Waals surface area (Å²) in [6.07, 6.45) is 6.04. The maximum atomic E-state index is 5.53. The molecule has 0 amide bonds. The lowest BCUT2D eigenvalue weighted by Crippen LogP contribution is -2.23. The summed E-state index contributed by atoms with van der Waals surface area (Å²) in [5.74, 6) is 2.68. The van der Waals surface area contributed by atoms with Crippen molar-refractivity contribution in [1.29, 1.82) is 0 Å². The molecular formula is C19H24N6O. The van der Waals surface area contributed by atoms with Crippen LogP contribution >= 0.6 is 0 Å². The van der Waals surface area contributed by atoms with E-state index >= 15 is 0 Å². The number of likely N-dealkylation sites (tertiary alicyclic amines) is 1. The molecule has 0 unspecified atom stereocenters. The summed E-state index contributed by atoms with van der Waals surface area (Å²) in [7, 11) is 1.71. The van der Waals surface area contributed by atoms with Crippen LogP contribution in [0.25, 0.3) is 0 Å². The van der Waals surface area contributed by atoms with Gasteiger partial charge in [-0.1, -0.05) is 6.07 Å². The molecule has 3 heterocycles. The number of nitrogens with one attached hydrogen (secondary N) is 1. The fourth-order valence-electron chi connectivity index (χ4n) is 3.67. The van der Waals surface area contributed by atoms with Crippen LogP contribution in [0.5, 0.6) is 5.75 Å². The molecule has 1 N–H and O–H groups in total. The Morgan fingerprint density at radius 1 is 1.31 bits per heavy atom. The van der Waals surface area contributed by atoms with E-state index in [0.29, 0.717) is 6.54 Å². The van der Waals surface area contributed by atoms with E-state index in [4.69, 9.17) is 4.74 Å². The molecule has 0 bridgehead atoms. The van der Waals surface area contributed by atoms with E-state index in [1.807, 2.05) is 23.9 Å². The Morgan fingerprint density at radius 3 is 2.96 bits per heavy atom. The Kier molecular flexibility index (Phi) is 4.71. The van der Waals surface area contributed by atoms with E-state index in [1.165, 1.54) is 12.0 Å². The summed E-state index contributed by atoms with van der Waals surface area (Å²) in [5, 5.41) is 11.6. The molecule has 1 aliphatic rings. The molecule has 4 rings (SSSR count). The third-order valence-corrected chi connectivity index (χ3v) is 4.90. The molecule has 1 atom stereocenters. The van der Waals surface area contributed by atoms with Gasteiger partial charge in [-0.05, 0) is 50.1 Å². The number of aromatic amines is 1. The van der Waals surface area contributed by atoms with Crippen molar-refractivity contribution in [3.8, 4) is 5.75 Å². The van der Waals surface area contributed by atoms with Gasteiger partial charge in [-0.2, -0.15) is 10.2 Å². The highest BCUT2D eigenvalue weighted by atomic mass is 16.5. The van der Waals surface area contributed by atoms with Crippen molar-refractivity contribution in [3.63, 3.8) is 0 Å². The number of hydrogen-bond donors (Lipinski definition) is 1. The number of benzene rings is 1. The van der Waals surface area contributed by atoms with Gasteiger partial charge >= 0.3 is 0 Å². The Morgan fingerprint density at radius 2 is 2.23 bits per heavy atom. The highest BCUT2D eigenvalue weighted by Gasteiger charge is 2.29. The minimum atomic E-state index is 0.289. The zero-order valence-electron chi connectivity index (χ0n) is 15.2. The lowest BCUT2D eigenvalue weighted by molar-refractivity contribution is 0.240. The van der Waals surface area contributed by atoms with Gasteiger partial charge in [0.1, 0.15) is 11.6 Å². The third kappa shape index (κ3) is 3.48. The average Bonchev–Trinajstić information content (AvgIpc) is 3.38. The van der Waals surface area contributed by atoms with E-state index in [2.05, 4.69) is 43.4 Å². The van der Waals surface area contributed by atoms with Crippen LogP contribution in [-0.4, -0.2) is 43.5 Å². The van der Waals surface area contributed by atoms with Crippen LogP contribution in [0.1, 0.15) is 41.7 Å². The SMILES string of the molecule is COc1ccc(CN2CCC[C@H]2c2n[nH]c(C)n2)cc1Cn1cccn1. The minimum absolute atomic E-state index is 0.289. The largest absolute Gasteiger partial charge is 0.496 e. The first-order chi connectivity index (χ1) is 12.7. The number of rotatable bonds is 6. The second-order valence-corrected chi connectivity index (χ2v) is 6.76. The van der Waals surface area contributed by atoms with E-state index in [0.717, 1.165) is 42.5 Å². The van der Waals surface area contributed by atoms with Gasteiger partial charge in [-0.25, -0.2) is 4.98 Å². The molecule has 7 heteroatoms. The van der Waals surface area contributed by atoms with E-state index < -0.39 is 0 Å². The summed E-state index contributed by atoms with van der Waals surface area (Å²) < 4.78 is 7.45. The number of aryl methyl sites for hydroxylation is 1. The predicted octanol–water partition coefficient (Wildman–Crippen LogP) is 2.70. The van der Waals surface area contributed by atoms with Gasteiger partial charge in [0.2, 0.25) is 0 Å². The molecule has 0 spiro atoms. The van der Waals surface area contributed by atoms with Crippen LogP contribution in [0.4, 0.5) is 0 Å². The number of ether oxygens (including phenoxy) is 1. The van der Waals surface area contributed by atoms with Crippen molar-refractivity contribution >= 4 is 0 Å². The summed E-state index contributed by atoms with van der Waals surface area (Å²) in [6, 6.07) is 8.64. The molecule has 136 valence electrons. The predicted molar refractivity (Wildman–Crippen MR) is 97.8 cm³/mol. The molecule has 0 aliphatic carbocycles. The standard InChI is InChI=1S/C19H24N6O/c1-14-21-19(23-22-14)17-5-3-9-24(17)12-15-6-7-18(26-2)16(11-15)13-25-10-4-8-20-25/h4,6-8,10-11,17H,3,5,9,12-13H2,1-2H3,(H,21,22,23)/t17-/m0/s1. The number of aromatic nitrogens is 5. The first-order valence-electron chi connectivity index (χ1n) is 8.99. The Balaban J connectivity index is 1.54. The third-order valence-electron chi connectivity index (χ3n) is 4.90. The van der Waals surface area contributed by atoms with E-state index in [-0.39, 0.29) is 6.04 Å². The number of nitrogens with zero attached hydrogens (tertiary/aromatic N) is 5. The molecule has 1 aliphatic heterocycles. The maximum absolute atomic E-state index is 5.53. The van der Waals surface area contributed by atoms with Crippen LogP contribution in [0.2, 0.25) is 0 Å². The van der Waals surface area contributed by atoms with Crippen LogP contribution in [0.3, 0.4) is 0 Å². The van der Waals surface area contributed by atoms with E-state index in [9.17, 15) is 0 Å². The molecule has 3 aromatic rings. The lowest BCUT2D eigenvalue weighted by Gasteiger charge is -2.23. The fourth-order valence-corrected chi connectivity index (χ4v) is 3.67. The number of methoxy groups -OCH3 is 1. The minimum Gasteiger partial charge on any atom is -0.496 e. The lowest BCUT2D eigenvalue weighted by atomic mass is 10.1. The molecule has 1 aromatic carbocycles. The van der Waals surface area contributed by atoms with E-state index in [1.54, 1.807) is 13.3 Å². The topological polar surface area (TPSA) is 71.9 Å². The summed E-state index contributed by atoms with van der Waals surface area (Å²) >= 11 is 0. The molecule has 1 saturated heterocycles. The van der Waals surface area contributed by atoms with Crippen molar-refractivity contribution in [2.45, 2.75) is 38.9 Å². The molecule has 7 nitrogen and oxygen atoms in total. The smallest absolute Gasteiger partial charge is 0.167 e. The summed E-state index contributed by atoms with van der Waals surface area (Å²) in [4.78, 5) is 7.00. The monoisotopic (exact) mass is 352 g/mol. The summed E-state index contributed by atoms with van der Waals surface area (Å²) in [5.41, 5.74) is 2.41. The normalized spacial score (nSPS) is 17.7. The molecule has 26 heavy (non-hydrogen) atoms. The molecule has 0 radical (unpaired) electrons. The van der Waals surface area contributed by atoms with Crippen molar-refractivity contribution in [3.05, 3.63) is 59.4 Å². The molecular weight excluding hydrogens is 328 g/mol. The second kappa shape index (κ2) is 7.29.